The molecule has 2 rings (SSSR count). The van der Waals surface area contributed by atoms with Crippen LogP contribution in [-0.4, -0.2) is 45.1 Å². The van der Waals surface area contributed by atoms with Crippen LogP contribution >= 0.6 is 0 Å². The summed E-state index contributed by atoms with van der Waals surface area (Å²) < 4.78 is 5.46. The highest BCUT2D eigenvalue weighted by Gasteiger charge is 2.42. The molecule has 40 heavy (non-hydrogen) atoms. The highest BCUT2D eigenvalue weighted by molar-refractivity contribution is 6.00. The van der Waals surface area contributed by atoms with Crippen LogP contribution in [0.4, 0.5) is 10.5 Å². The van der Waals surface area contributed by atoms with Crippen LogP contribution in [0.1, 0.15) is 90.1 Å². The Morgan fingerprint density at radius 2 is 1.50 bits per heavy atom. The summed E-state index contributed by atoms with van der Waals surface area (Å²) in [5.41, 5.74) is 2.03. The van der Waals surface area contributed by atoms with Crippen molar-refractivity contribution in [2.45, 2.75) is 106 Å². The number of phenols is 1. The largest absolute Gasteiger partial charge is 0.508 e. The maximum Gasteiger partial charge on any atom is 0.408 e. The maximum atomic E-state index is 14.4. The maximum absolute atomic E-state index is 14.4. The lowest BCUT2D eigenvalue weighted by Crippen LogP contribution is -2.58. The number of alkyl carbamates (subject to hydrolysis) is 1. The first kappa shape index (κ1) is 32.7. The zero-order valence-electron chi connectivity index (χ0n) is 25.9. The van der Waals surface area contributed by atoms with Crippen LogP contribution in [0.2, 0.25) is 0 Å². The average molecular weight is 554 g/mol. The Bertz CT molecular complexity index is 1200. The van der Waals surface area contributed by atoms with Crippen LogP contribution < -0.4 is 10.6 Å². The standard InChI is InChI=1S/C32H47N3O5/c1-19(2)17-24(33-30(39)40-32(9,10)11)29(38)35(31(6,7)8)27(23-15-16-25(36)22(5)18-23)28(37)34-26-20(3)13-12-14-21(26)4/h12-16,18-19,24,27,36H,17H2,1-11H3,(H,33,39)(H,34,37). The number of benzene rings is 2. The van der Waals surface area contributed by atoms with Gasteiger partial charge in [0, 0.05) is 11.2 Å². The van der Waals surface area contributed by atoms with Crippen molar-refractivity contribution in [2.24, 2.45) is 5.92 Å². The number of anilines is 1. The number of rotatable bonds is 8. The normalized spacial score (nSPS) is 13.4. The van der Waals surface area contributed by atoms with E-state index in [0.29, 0.717) is 23.2 Å². The third-order valence-electron chi connectivity index (χ3n) is 6.43. The van der Waals surface area contributed by atoms with Crippen LogP contribution in [0.15, 0.2) is 36.4 Å². The first-order valence-corrected chi connectivity index (χ1v) is 13.8. The summed E-state index contributed by atoms with van der Waals surface area (Å²) in [4.78, 5) is 42.9. The Kier molecular flexibility index (Phi) is 10.4. The van der Waals surface area contributed by atoms with E-state index in [1.165, 1.54) is 11.0 Å². The Balaban J connectivity index is 2.67. The number of hydrogen-bond acceptors (Lipinski definition) is 5. The molecule has 0 saturated carbocycles. The molecular formula is C32H47N3O5. The number of hydrogen-bond donors (Lipinski definition) is 3. The fourth-order valence-corrected chi connectivity index (χ4v) is 4.63. The fourth-order valence-electron chi connectivity index (χ4n) is 4.63. The number of ether oxygens (including phenoxy) is 1. The minimum Gasteiger partial charge on any atom is -0.508 e. The van der Waals surface area contributed by atoms with Gasteiger partial charge in [0.15, 0.2) is 0 Å². The molecule has 0 aliphatic heterocycles. The lowest BCUT2D eigenvalue weighted by molar-refractivity contribution is -0.147. The molecule has 0 aliphatic rings. The molecule has 0 radical (unpaired) electrons. The van der Waals surface area contributed by atoms with Gasteiger partial charge < -0.3 is 25.4 Å². The van der Waals surface area contributed by atoms with E-state index in [0.717, 1.165) is 11.1 Å². The van der Waals surface area contributed by atoms with E-state index in [9.17, 15) is 19.5 Å². The van der Waals surface area contributed by atoms with E-state index < -0.39 is 41.1 Å². The molecule has 2 aromatic rings. The Labute approximate surface area is 239 Å². The lowest BCUT2D eigenvalue weighted by atomic mass is 9.92. The second-order valence-electron chi connectivity index (χ2n) is 12.9. The van der Waals surface area contributed by atoms with Crippen molar-refractivity contribution in [3.05, 3.63) is 58.7 Å². The number of carbonyl (C=O) groups is 3. The number of aromatic hydroxyl groups is 1. The third-order valence-corrected chi connectivity index (χ3v) is 6.43. The smallest absolute Gasteiger partial charge is 0.408 e. The quantitative estimate of drug-likeness (QED) is 0.343. The molecule has 0 bridgehead atoms. The second-order valence-corrected chi connectivity index (χ2v) is 12.9. The SMILES string of the molecule is Cc1cc(C(C(=O)Nc2c(C)cccc2C)N(C(=O)C(CC(C)C)NC(=O)OC(C)(C)C)C(C)(C)C)ccc1O. The van der Waals surface area contributed by atoms with E-state index in [-0.39, 0.29) is 11.7 Å². The summed E-state index contributed by atoms with van der Waals surface area (Å²) in [5.74, 6) is -0.634. The van der Waals surface area contributed by atoms with Gasteiger partial charge in [0.2, 0.25) is 5.91 Å². The van der Waals surface area contributed by atoms with Crippen molar-refractivity contribution >= 4 is 23.6 Å². The predicted octanol–water partition coefficient (Wildman–Crippen LogP) is 6.56. The first-order chi connectivity index (χ1) is 18.3. The topological polar surface area (TPSA) is 108 Å². The number of nitrogens with zero attached hydrogens (tertiary/aromatic N) is 1. The molecule has 0 spiro atoms. The minimum atomic E-state index is -1.05. The van der Waals surface area contributed by atoms with Gasteiger partial charge in [-0.15, -0.1) is 0 Å². The van der Waals surface area contributed by atoms with Crippen LogP contribution in [0.3, 0.4) is 0 Å². The predicted molar refractivity (Wildman–Crippen MR) is 159 cm³/mol. The summed E-state index contributed by atoms with van der Waals surface area (Å²) in [7, 11) is 0. The number of amides is 3. The third kappa shape index (κ3) is 8.73. The van der Waals surface area contributed by atoms with E-state index in [1.54, 1.807) is 39.8 Å². The van der Waals surface area contributed by atoms with Gasteiger partial charge in [-0.25, -0.2) is 4.79 Å². The van der Waals surface area contributed by atoms with E-state index in [4.69, 9.17) is 4.74 Å². The van der Waals surface area contributed by atoms with Crippen molar-refractivity contribution in [1.82, 2.24) is 10.2 Å². The molecule has 3 amide bonds. The zero-order chi connectivity index (χ0) is 30.6. The zero-order valence-corrected chi connectivity index (χ0v) is 25.9. The van der Waals surface area contributed by atoms with Crippen molar-refractivity contribution in [1.29, 1.82) is 0 Å². The molecule has 0 aliphatic carbocycles. The molecule has 2 aromatic carbocycles. The summed E-state index contributed by atoms with van der Waals surface area (Å²) >= 11 is 0. The second kappa shape index (κ2) is 12.7. The number of nitrogens with one attached hydrogen (secondary N) is 2. The highest BCUT2D eigenvalue weighted by atomic mass is 16.6. The Hall–Kier alpha value is -3.55. The molecule has 8 nitrogen and oxygen atoms in total. The molecule has 8 heteroatoms. The van der Waals surface area contributed by atoms with Crippen molar-refractivity contribution < 1.29 is 24.2 Å². The van der Waals surface area contributed by atoms with Gasteiger partial charge in [0.05, 0.1) is 0 Å². The van der Waals surface area contributed by atoms with Crippen molar-refractivity contribution in [2.75, 3.05) is 5.32 Å². The highest BCUT2D eigenvalue weighted by Crippen LogP contribution is 2.34. The molecule has 220 valence electrons. The summed E-state index contributed by atoms with van der Waals surface area (Å²) in [6.45, 7) is 20.4. The minimum absolute atomic E-state index is 0.0727. The van der Waals surface area contributed by atoms with Crippen molar-refractivity contribution in [3.63, 3.8) is 0 Å². The average Bonchev–Trinajstić information content (AvgIpc) is 2.78. The van der Waals surface area contributed by atoms with Gasteiger partial charge in [-0.3, -0.25) is 9.59 Å². The van der Waals surface area contributed by atoms with Crippen LogP contribution in [0.5, 0.6) is 5.75 Å². The van der Waals surface area contributed by atoms with Gasteiger partial charge in [-0.05, 0) is 109 Å². The van der Waals surface area contributed by atoms with Gasteiger partial charge in [-0.2, -0.15) is 0 Å². The van der Waals surface area contributed by atoms with Crippen molar-refractivity contribution in [3.8, 4) is 5.75 Å². The molecular weight excluding hydrogens is 506 g/mol. The first-order valence-electron chi connectivity index (χ1n) is 13.8. The summed E-state index contributed by atoms with van der Waals surface area (Å²) in [5, 5.41) is 16.0. The van der Waals surface area contributed by atoms with Gasteiger partial charge in [0.1, 0.15) is 23.4 Å². The summed E-state index contributed by atoms with van der Waals surface area (Å²) in [6.07, 6.45) is -0.345. The molecule has 0 saturated heterocycles. The molecule has 2 unspecified atom stereocenters. The Morgan fingerprint density at radius 1 is 0.925 bits per heavy atom. The van der Waals surface area contributed by atoms with Gasteiger partial charge in [0.25, 0.3) is 5.91 Å². The fraction of sp³-hybridized carbons (Fsp3) is 0.531. The molecule has 3 N–H and O–H groups in total. The number of carbonyl (C=O) groups excluding carboxylic acids is 3. The monoisotopic (exact) mass is 553 g/mol. The summed E-state index contributed by atoms with van der Waals surface area (Å²) in [6, 6.07) is 8.67. The molecule has 0 fully saturated rings. The van der Waals surface area contributed by atoms with E-state index in [1.807, 2.05) is 66.7 Å². The number of phenolic OH excluding ortho intramolecular Hbond substituents is 1. The van der Waals surface area contributed by atoms with Gasteiger partial charge >= 0.3 is 6.09 Å². The van der Waals surface area contributed by atoms with Crippen LogP contribution in [0.25, 0.3) is 0 Å². The molecule has 0 heterocycles. The van der Waals surface area contributed by atoms with E-state index >= 15 is 0 Å². The molecule has 0 aromatic heterocycles. The van der Waals surface area contributed by atoms with Crippen LogP contribution in [-0.2, 0) is 14.3 Å². The van der Waals surface area contributed by atoms with E-state index in [2.05, 4.69) is 10.6 Å². The Morgan fingerprint density at radius 3 is 1.98 bits per heavy atom. The molecule has 2 atom stereocenters. The number of aryl methyl sites for hydroxylation is 3. The number of para-hydroxylation sites is 1. The van der Waals surface area contributed by atoms with Gasteiger partial charge in [-0.1, -0.05) is 38.1 Å². The van der Waals surface area contributed by atoms with Crippen LogP contribution in [0, 0.1) is 26.7 Å². The lowest BCUT2D eigenvalue weighted by Gasteiger charge is -2.43.